The van der Waals surface area contributed by atoms with E-state index in [0.29, 0.717) is 13.0 Å². The first kappa shape index (κ1) is 14.3. The second-order valence-electron chi connectivity index (χ2n) is 5.04. The van der Waals surface area contributed by atoms with Crippen LogP contribution >= 0.6 is 0 Å². The maximum Gasteiger partial charge on any atom is 0.326 e. The van der Waals surface area contributed by atoms with E-state index in [1.807, 2.05) is 0 Å². The van der Waals surface area contributed by atoms with Gasteiger partial charge in [0, 0.05) is 19.5 Å². The first-order valence-corrected chi connectivity index (χ1v) is 8.01. The van der Waals surface area contributed by atoms with E-state index < -0.39 is 27.9 Å². The Morgan fingerprint density at radius 3 is 2.53 bits per heavy atom. The standard InChI is InChI=1S/C11H18N2O5S/c14-9(12-10(11(15)16)8-2-3-8)4-6-13-5-1-7-19(13,17)18/h8,10H,1-7H2,(H,12,14)(H,15,16). The number of carbonyl (C=O) groups is 2. The number of aliphatic carboxylic acids is 1. The van der Waals surface area contributed by atoms with E-state index in [-0.39, 0.29) is 24.6 Å². The van der Waals surface area contributed by atoms with E-state index in [1.165, 1.54) is 4.31 Å². The maximum absolute atomic E-state index is 11.7. The fourth-order valence-electron chi connectivity index (χ4n) is 2.23. The van der Waals surface area contributed by atoms with Crippen LogP contribution in [0.2, 0.25) is 0 Å². The molecule has 2 aliphatic rings. The van der Waals surface area contributed by atoms with Gasteiger partial charge in [-0.1, -0.05) is 0 Å². The molecule has 1 aliphatic heterocycles. The number of sulfonamides is 1. The summed E-state index contributed by atoms with van der Waals surface area (Å²) in [7, 11) is -3.19. The predicted octanol–water partition coefficient (Wildman–Crippen LogP) is -0.609. The predicted molar refractivity (Wildman–Crippen MR) is 66.9 cm³/mol. The van der Waals surface area contributed by atoms with Crippen LogP contribution in [0.4, 0.5) is 0 Å². The van der Waals surface area contributed by atoms with Crippen molar-refractivity contribution < 1.29 is 23.1 Å². The van der Waals surface area contributed by atoms with Crippen LogP contribution in [0.3, 0.4) is 0 Å². The van der Waals surface area contributed by atoms with Crippen molar-refractivity contribution in [2.24, 2.45) is 5.92 Å². The summed E-state index contributed by atoms with van der Waals surface area (Å²) < 4.78 is 24.3. The van der Waals surface area contributed by atoms with Crippen LogP contribution in [0.1, 0.15) is 25.7 Å². The molecule has 1 unspecified atom stereocenters. The van der Waals surface area contributed by atoms with E-state index in [9.17, 15) is 18.0 Å². The van der Waals surface area contributed by atoms with Crippen LogP contribution < -0.4 is 5.32 Å². The number of carbonyl (C=O) groups excluding carboxylic acids is 1. The molecule has 1 saturated carbocycles. The molecule has 1 amide bonds. The molecule has 8 heteroatoms. The van der Waals surface area contributed by atoms with Crippen molar-refractivity contribution in [3.63, 3.8) is 0 Å². The smallest absolute Gasteiger partial charge is 0.326 e. The average Bonchev–Trinajstić information content (AvgIpc) is 3.08. The number of carboxylic acids is 1. The van der Waals surface area contributed by atoms with E-state index >= 15 is 0 Å². The summed E-state index contributed by atoms with van der Waals surface area (Å²) in [6, 6.07) is -0.831. The lowest BCUT2D eigenvalue weighted by molar-refractivity contribution is -0.142. The lowest BCUT2D eigenvalue weighted by Gasteiger charge is -2.16. The van der Waals surface area contributed by atoms with Crippen LogP contribution in [-0.2, 0) is 19.6 Å². The van der Waals surface area contributed by atoms with Gasteiger partial charge >= 0.3 is 5.97 Å². The molecular weight excluding hydrogens is 272 g/mol. The molecule has 7 nitrogen and oxygen atoms in total. The van der Waals surface area contributed by atoms with Gasteiger partial charge in [-0.2, -0.15) is 0 Å². The van der Waals surface area contributed by atoms with Crippen molar-refractivity contribution in [3.8, 4) is 0 Å². The van der Waals surface area contributed by atoms with E-state index in [1.54, 1.807) is 0 Å². The van der Waals surface area contributed by atoms with Gasteiger partial charge in [0.1, 0.15) is 6.04 Å². The van der Waals surface area contributed by atoms with E-state index in [2.05, 4.69) is 5.32 Å². The van der Waals surface area contributed by atoms with Crippen molar-refractivity contribution in [3.05, 3.63) is 0 Å². The van der Waals surface area contributed by atoms with Gasteiger partial charge in [-0.3, -0.25) is 4.79 Å². The van der Waals surface area contributed by atoms with Gasteiger partial charge in [0.15, 0.2) is 0 Å². The van der Waals surface area contributed by atoms with Gasteiger partial charge in [0.05, 0.1) is 5.75 Å². The van der Waals surface area contributed by atoms with Crippen LogP contribution in [0.25, 0.3) is 0 Å². The topological polar surface area (TPSA) is 104 Å². The van der Waals surface area contributed by atoms with Crippen molar-refractivity contribution in [1.29, 1.82) is 0 Å². The molecular formula is C11H18N2O5S. The lowest BCUT2D eigenvalue weighted by Crippen LogP contribution is -2.43. The normalized spacial score (nSPS) is 24.0. The highest BCUT2D eigenvalue weighted by atomic mass is 32.2. The SMILES string of the molecule is O=C(CCN1CCCS1(=O)=O)NC(C(=O)O)C1CC1. The van der Waals surface area contributed by atoms with Gasteiger partial charge in [-0.05, 0) is 25.2 Å². The number of nitrogens with one attached hydrogen (secondary N) is 1. The minimum Gasteiger partial charge on any atom is -0.480 e. The summed E-state index contributed by atoms with van der Waals surface area (Å²) >= 11 is 0. The van der Waals surface area contributed by atoms with Crippen LogP contribution in [0.5, 0.6) is 0 Å². The third-order valence-corrected chi connectivity index (χ3v) is 5.42. The Balaban J connectivity index is 1.79. The summed E-state index contributed by atoms with van der Waals surface area (Å²) in [5, 5.41) is 11.4. The van der Waals surface area contributed by atoms with Gasteiger partial charge in [0.2, 0.25) is 15.9 Å². The zero-order valence-corrected chi connectivity index (χ0v) is 11.4. The quantitative estimate of drug-likeness (QED) is 0.679. The Kier molecular flexibility index (Phi) is 4.10. The number of hydrogen-bond acceptors (Lipinski definition) is 4. The number of nitrogens with zero attached hydrogens (tertiary/aromatic N) is 1. The van der Waals surface area contributed by atoms with Gasteiger partial charge in [-0.15, -0.1) is 0 Å². The van der Waals surface area contributed by atoms with Gasteiger partial charge < -0.3 is 10.4 Å². The summed E-state index contributed by atoms with van der Waals surface area (Å²) in [5.74, 6) is -1.27. The van der Waals surface area contributed by atoms with Crippen molar-refractivity contribution in [1.82, 2.24) is 9.62 Å². The monoisotopic (exact) mass is 290 g/mol. The Bertz CT molecular complexity index is 471. The molecule has 0 aromatic rings. The Labute approximate surface area is 112 Å². The van der Waals surface area contributed by atoms with Crippen molar-refractivity contribution in [2.75, 3.05) is 18.8 Å². The summed E-state index contributed by atoms with van der Waals surface area (Å²) in [6.07, 6.45) is 2.23. The fraction of sp³-hybridized carbons (Fsp3) is 0.818. The van der Waals surface area contributed by atoms with Crippen LogP contribution in [0.15, 0.2) is 0 Å². The molecule has 0 aromatic carbocycles. The summed E-state index contributed by atoms with van der Waals surface area (Å²) in [5.41, 5.74) is 0. The third kappa shape index (κ3) is 3.66. The highest BCUT2D eigenvalue weighted by Crippen LogP contribution is 2.32. The Morgan fingerprint density at radius 1 is 1.37 bits per heavy atom. The number of carboxylic acid groups (broad SMARTS) is 1. The molecule has 2 N–H and O–H groups in total. The minimum absolute atomic E-state index is 0.00965. The second kappa shape index (κ2) is 5.46. The Hall–Kier alpha value is -1.15. The Morgan fingerprint density at radius 2 is 2.05 bits per heavy atom. The molecule has 1 atom stereocenters. The van der Waals surface area contributed by atoms with Gasteiger partial charge in [0.25, 0.3) is 0 Å². The molecule has 0 aromatic heterocycles. The average molecular weight is 290 g/mol. The summed E-state index contributed by atoms with van der Waals surface area (Å²) in [6.45, 7) is 0.575. The molecule has 0 radical (unpaired) electrons. The number of amides is 1. The molecule has 19 heavy (non-hydrogen) atoms. The molecule has 2 fully saturated rings. The molecule has 0 bridgehead atoms. The fourth-order valence-corrected chi connectivity index (χ4v) is 3.75. The van der Waals surface area contributed by atoms with E-state index in [4.69, 9.17) is 5.11 Å². The zero-order valence-electron chi connectivity index (χ0n) is 10.5. The highest BCUT2D eigenvalue weighted by molar-refractivity contribution is 7.89. The van der Waals surface area contributed by atoms with Crippen LogP contribution in [0, 0.1) is 5.92 Å². The third-order valence-electron chi connectivity index (χ3n) is 3.47. The minimum atomic E-state index is -3.19. The van der Waals surface area contributed by atoms with Crippen molar-refractivity contribution in [2.45, 2.75) is 31.7 Å². The first-order valence-electron chi connectivity index (χ1n) is 6.40. The lowest BCUT2D eigenvalue weighted by atomic mass is 10.2. The number of rotatable bonds is 6. The number of hydrogen-bond donors (Lipinski definition) is 2. The van der Waals surface area contributed by atoms with Crippen molar-refractivity contribution >= 4 is 21.9 Å². The van der Waals surface area contributed by atoms with E-state index in [0.717, 1.165) is 12.8 Å². The first-order chi connectivity index (χ1) is 8.90. The zero-order chi connectivity index (χ0) is 14.0. The largest absolute Gasteiger partial charge is 0.480 e. The summed E-state index contributed by atoms with van der Waals surface area (Å²) in [4.78, 5) is 22.6. The maximum atomic E-state index is 11.7. The molecule has 1 saturated heterocycles. The second-order valence-corrected chi connectivity index (χ2v) is 7.13. The molecule has 0 spiro atoms. The van der Waals surface area contributed by atoms with Crippen LogP contribution in [-0.4, -0.2) is 54.6 Å². The van der Waals surface area contributed by atoms with Gasteiger partial charge in [-0.25, -0.2) is 17.5 Å². The molecule has 2 rings (SSSR count). The molecule has 1 aliphatic carbocycles. The highest BCUT2D eigenvalue weighted by Gasteiger charge is 2.37. The molecule has 108 valence electrons. The molecule has 1 heterocycles.